The highest BCUT2D eigenvalue weighted by atomic mass is 79.9. The highest BCUT2D eigenvalue weighted by Gasteiger charge is 2.09. The number of benzene rings is 1. The molecule has 0 saturated carbocycles. The minimum atomic E-state index is -0.677. The standard InChI is InChI=1S/C13H13BrFNO2/c14-10-6-9(3-4-11(10)15)7-16-8-12(17)13-2-1-5-18-13/h1-6,12,16-17H,7-8H2. The average molecular weight is 314 g/mol. The van der Waals surface area contributed by atoms with Gasteiger partial charge in [0.2, 0.25) is 0 Å². The minimum Gasteiger partial charge on any atom is -0.467 e. The fraction of sp³-hybridized carbons (Fsp3) is 0.231. The lowest BCUT2D eigenvalue weighted by Crippen LogP contribution is -2.20. The molecule has 1 unspecified atom stereocenters. The maximum Gasteiger partial charge on any atom is 0.137 e. The summed E-state index contributed by atoms with van der Waals surface area (Å²) in [6.45, 7) is 0.930. The molecule has 0 aliphatic carbocycles. The van der Waals surface area contributed by atoms with Crippen molar-refractivity contribution in [1.82, 2.24) is 5.32 Å². The van der Waals surface area contributed by atoms with Crippen LogP contribution in [0.2, 0.25) is 0 Å². The van der Waals surface area contributed by atoms with Crippen LogP contribution in [0, 0.1) is 5.82 Å². The van der Waals surface area contributed by atoms with Gasteiger partial charge in [0, 0.05) is 13.1 Å². The summed E-state index contributed by atoms with van der Waals surface area (Å²) in [6, 6.07) is 8.27. The van der Waals surface area contributed by atoms with Crippen molar-refractivity contribution in [1.29, 1.82) is 0 Å². The molecule has 0 bridgehead atoms. The Hall–Kier alpha value is -1.17. The smallest absolute Gasteiger partial charge is 0.137 e. The first-order valence-corrected chi connectivity index (χ1v) is 6.32. The van der Waals surface area contributed by atoms with Crippen LogP contribution in [0.1, 0.15) is 17.4 Å². The monoisotopic (exact) mass is 313 g/mol. The van der Waals surface area contributed by atoms with E-state index < -0.39 is 6.10 Å². The van der Waals surface area contributed by atoms with Gasteiger partial charge in [-0.3, -0.25) is 0 Å². The Morgan fingerprint density at radius 1 is 1.39 bits per heavy atom. The van der Waals surface area contributed by atoms with Gasteiger partial charge in [-0.05, 0) is 45.8 Å². The second-order valence-corrected chi connectivity index (χ2v) is 4.76. The summed E-state index contributed by atoms with van der Waals surface area (Å²) < 4.78 is 18.5. The first kappa shape index (κ1) is 13.3. The topological polar surface area (TPSA) is 45.4 Å². The van der Waals surface area contributed by atoms with Crippen LogP contribution < -0.4 is 5.32 Å². The highest BCUT2D eigenvalue weighted by Crippen LogP contribution is 2.17. The molecule has 0 amide bonds. The maximum absolute atomic E-state index is 13.0. The SMILES string of the molecule is OC(CNCc1ccc(F)c(Br)c1)c1ccco1. The van der Waals surface area contributed by atoms with Crippen LogP contribution in [0.4, 0.5) is 4.39 Å². The van der Waals surface area contributed by atoms with Gasteiger partial charge in [-0.15, -0.1) is 0 Å². The first-order chi connectivity index (χ1) is 8.66. The number of rotatable bonds is 5. The van der Waals surface area contributed by atoms with Crippen molar-refractivity contribution in [3.63, 3.8) is 0 Å². The Labute approximate surface area is 113 Å². The van der Waals surface area contributed by atoms with Gasteiger partial charge in [-0.2, -0.15) is 0 Å². The van der Waals surface area contributed by atoms with Gasteiger partial charge in [0.05, 0.1) is 10.7 Å². The van der Waals surface area contributed by atoms with Crippen LogP contribution in [0.3, 0.4) is 0 Å². The molecule has 2 N–H and O–H groups in total. The molecule has 96 valence electrons. The molecule has 0 saturated heterocycles. The number of furan rings is 1. The van der Waals surface area contributed by atoms with Crippen LogP contribution in [0.5, 0.6) is 0 Å². The van der Waals surface area contributed by atoms with Crippen LogP contribution in [-0.4, -0.2) is 11.7 Å². The molecule has 2 aromatic rings. The lowest BCUT2D eigenvalue weighted by molar-refractivity contribution is 0.147. The van der Waals surface area contributed by atoms with Crippen LogP contribution in [-0.2, 0) is 6.54 Å². The van der Waals surface area contributed by atoms with E-state index >= 15 is 0 Å². The zero-order valence-electron chi connectivity index (χ0n) is 9.57. The molecule has 0 aliphatic heterocycles. The molecule has 3 nitrogen and oxygen atoms in total. The van der Waals surface area contributed by atoms with Crippen molar-refractivity contribution in [2.45, 2.75) is 12.6 Å². The highest BCUT2D eigenvalue weighted by molar-refractivity contribution is 9.10. The van der Waals surface area contributed by atoms with Crippen molar-refractivity contribution in [2.24, 2.45) is 0 Å². The number of hydrogen-bond donors (Lipinski definition) is 2. The molecule has 1 heterocycles. The lowest BCUT2D eigenvalue weighted by atomic mass is 10.2. The fourth-order valence-electron chi connectivity index (χ4n) is 1.58. The van der Waals surface area contributed by atoms with Gasteiger partial charge < -0.3 is 14.8 Å². The van der Waals surface area contributed by atoms with Gasteiger partial charge in [0.25, 0.3) is 0 Å². The molecule has 1 aromatic carbocycles. The zero-order chi connectivity index (χ0) is 13.0. The van der Waals surface area contributed by atoms with E-state index in [0.29, 0.717) is 23.3 Å². The quantitative estimate of drug-likeness (QED) is 0.892. The number of hydrogen-bond acceptors (Lipinski definition) is 3. The zero-order valence-corrected chi connectivity index (χ0v) is 11.2. The Morgan fingerprint density at radius 2 is 2.22 bits per heavy atom. The second-order valence-electron chi connectivity index (χ2n) is 3.91. The van der Waals surface area contributed by atoms with Crippen LogP contribution >= 0.6 is 15.9 Å². The van der Waals surface area contributed by atoms with E-state index in [4.69, 9.17) is 4.42 Å². The third-order valence-corrected chi connectivity index (χ3v) is 3.13. The third kappa shape index (κ3) is 3.41. The van der Waals surface area contributed by atoms with Crippen LogP contribution in [0.15, 0.2) is 45.5 Å². The summed E-state index contributed by atoms with van der Waals surface area (Å²) in [6.07, 6.45) is 0.846. The van der Waals surface area contributed by atoms with Gasteiger partial charge in [-0.25, -0.2) is 4.39 Å². The molecule has 0 aliphatic rings. The van der Waals surface area contributed by atoms with E-state index in [1.807, 2.05) is 0 Å². The van der Waals surface area contributed by atoms with Crippen LogP contribution in [0.25, 0.3) is 0 Å². The normalized spacial score (nSPS) is 12.6. The number of nitrogens with one attached hydrogen (secondary N) is 1. The molecule has 0 radical (unpaired) electrons. The van der Waals surface area contributed by atoms with E-state index in [0.717, 1.165) is 5.56 Å². The molecular weight excluding hydrogens is 301 g/mol. The summed E-state index contributed by atoms with van der Waals surface area (Å²) >= 11 is 3.13. The van der Waals surface area contributed by atoms with E-state index in [1.165, 1.54) is 12.3 Å². The van der Waals surface area contributed by atoms with Crippen molar-refractivity contribution in [3.8, 4) is 0 Å². The van der Waals surface area contributed by atoms with Crippen molar-refractivity contribution in [3.05, 3.63) is 58.2 Å². The summed E-state index contributed by atoms with van der Waals surface area (Å²) in [7, 11) is 0. The summed E-state index contributed by atoms with van der Waals surface area (Å²) in [5, 5.41) is 12.8. The molecule has 1 atom stereocenters. The van der Waals surface area contributed by atoms with E-state index in [-0.39, 0.29) is 5.82 Å². The van der Waals surface area contributed by atoms with E-state index in [9.17, 15) is 9.50 Å². The Kier molecular flexibility index (Phi) is 4.52. The summed E-state index contributed by atoms with van der Waals surface area (Å²) in [5.74, 6) is 0.247. The maximum atomic E-state index is 13.0. The second kappa shape index (κ2) is 6.13. The van der Waals surface area contributed by atoms with Crippen molar-refractivity contribution in [2.75, 3.05) is 6.54 Å². The Morgan fingerprint density at radius 3 is 2.89 bits per heavy atom. The van der Waals surface area contributed by atoms with Crippen molar-refractivity contribution >= 4 is 15.9 Å². The first-order valence-electron chi connectivity index (χ1n) is 5.53. The van der Waals surface area contributed by atoms with Gasteiger partial charge in [0.15, 0.2) is 0 Å². The molecule has 0 spiro atoms. The predicted octanol–water partition coefficient (Wildman–Crippen LogP) is 3.00. The molecular formula is C13H13BrFNO2. The Bertz CT molecular complexity index is 502. The van der Waals surface area contributed by atoms with E-state index in [2.05, 4.69) is 21.2 Å². The summed E-state index contributed by atoms with van der Waals surface area (Å²) in [4.78, 5) is 0. The molecule has 2 rings (SSSR count). The molecule has 18 heavy (non-hydrogen) atoms. The molecule has 1 aromatic heterocycles. The average Bonchev–Trinajstić information content (AvgIpc) is 2.87. The largest absolute Gasteiger partial charge is 0.467 e. The Balaban J connectivity index is 1.83. The molecule has 5 heteroatoms. The number of halogens is 2. The number of aliphatic hydroxyl groups is 1. The fourth-order valence-corrected chi connectivity index (χ4v) is 2.01. The van der Waals surface area contributed by atoms with Crippen molar-refractivity contribution < 1.29 is 13.9 Å². The van der Waals surface area contributed by atoms with Gasteiger partial charge in [0.1, 0.15) is 17.7 Å². The van der Waals surface area contributed by atoms with Gasteiger partial charge >= 0.3 is 0 Å². The van der Waals surface area contributed by atoms with E-state index in [1.54, 1.807) is 24.3 Å². The minimum absolute atomic E-state index is 0.283. The third-order valence-electron chi connectivity index (χ3n) is 2.52. The number of aliphatic hydroxyl groups excluding tert-OH is 1. The summed E-state index contributed by atoms with van der Waals surface area (Å²) in [5.41, 5.74) is 0.940. The predicted molar refractivity (Wildman–Crippen MR) is 69.5 cm³/mol. The molecule has 0 fully saturated rings. The van der Waals surface area contributed by atoms with Gasteiger partial charge in [-0.1, -0.05) is 6.07 Å². The lowest BCUT2D eigenvalue weighted by Gasteiger charge is -2.09.